The Kier molecular flexibility index (Phi) is 9.96. The fourth-order valence-corrected chi connectivity index (χ4v) is 5.94. The van der Waals surface area contributed by atoms with Gasteiger partial charge in [0.05, 0.1) is 11.4 Å². The minimum absolute atomic E-state index is 0.0784. The van der Waals surface area contributed by atoms with E-state index in [1.807, 2.05) is 53.4 Å². The van der Waals surface area contributed by atoms with Gasteiger partial charge in [0.25, 0.3) is 5.91 Å². The number of nitrogens with zero attached hydrogens (tertiary/aromatic N) is 3. The summed E-state index contributed by atoms with van der Waals surface area (Å²) >= 11 is 0. The van der Waals surface area contributed by atoms with E-state index in [1.165, 1.54) is 0 Å². The Labute approximate surface area is 271 Å². The average molecular weight is 618 g/mol. The molecule has 0 aromatic heterocycles. The van der Waals surface area contributed by atoms with Crippen LogP contribution in [0.2, 0.25) is 0 Å². The molecule has 0 unspecified atom stereocenters. The number of rotatable bonds is 12. The second kappa shape index (κ2) is 14.6. The average Bonchev–Trinajstić information content (AvgIpc) is 3.94. The first-order valence-electron chi connectivity index (χ1n) is 16.2. The van der Waals surface area contributed by atoms with Gasteiger partial charge in [0.2, 0.25) is 5.91 Å². The molecule has 1 heterocycles. The summed E-state index contributed by atoms with van der Waals surface area (Å²) in [6, 6.07) is 32.2. The van der Waals surface area contributed by atoms with Gasteiger partial charge in [-0.1, -0.05) is 66.7 Å². The van der Waals surface area contributed by atoms with Gasteiger partial charge in [0.15, 0.2) is 6.61 Å². The number of carbonyl (C=O) groups is 2. The number of anilines is 2. The van der Waals surface area contributed by atoms with Gasteiger partial charge in [-0.2, -0.15) is 0 Å². The van der Waals surface area contributed by atoms with Gasteiger partial charge >= 0.3 is 0 Å². The minimum atomic E-state index is -0.210. The molecule has 46 heavy (non-hydrogen) atoms. The van der Waals surface area contributed by atoms with E-state index in [-0.39, 0.29) is 24.3 Å². The Morgan fingerprint density at radius 3 is 2.20 bits per heavy atom. The summed E-state index contributed by atoms with van der Waals surface area (Å²) < 4.78 is 5.73. The van der Waals surface area contributed by atoms with E-state index in [4.69, 9.17) is 10.5 Å². The number of hydrogen-bond donors (Lipinski definition) is 2. The first-order chi connectivity index (χ1) is 22.4. The Balaban J connectivity index is 1.23. The Hall–Kier alpha value is -4.66. The van der Waals surface area contributed by atoms with E-state index < -0.39 is 0 Å². The molecule has 1 saturated heterocycles. The Morgan fingerprint density at radius 1 is 0.804 bits per heavy atom. The molecule has 4 aromatic rings. The maximum atomic E-state index is 13.4. The van der Waals surface area contributed by atoms with Crippen LogP contribution in [0.3, 0.4) is 0 Å². The van der Waals surface area contributed by atoms with Gasteiger partial charge in [0, 0.05) is 51.7 Å². The molecule has 1 saturated carbocycles. The number of benzene rings is 4. The van der Waals surface area contributed by atoms with Crippen LogP contribution < -0.4 is 20.7 Å². The van der Waals surface area contributed by atoms with Crippen LogP contribution in [-0.4, -0.2) is 61.4 Å². The molecule has 8 nitrogen and oxygen atoms in total. The molecule has 2 fully saturated rings. The molecule has 6 rings (SSSR count). The Bertz CT molecular complexity index is 1650. The molecular weight excluding hydrogens is 574 g/mol. The fourth-order valence-electron chi connectivity index (χ4n) is 5.94. The third-order valence-electron chi connectivity index (χ3n) is 8.70. The second-order valence-electron chi connectivity index (χ2n) is 12.4. The third kappa shape index (κ3) is 8.13. The molecule has 0 atom stereocenters. The molecule has 1 aliphatic heterocycles. The van der Waals surface area contributed by atoms with E-state index in [1.54, 1.807) is 0 Å². The zero-order valence-electron chi connectivity index (χ0n) is 26.5. The molecule has 0 bridgehead atoms. The van der Waals surface area contributed by atoms with Crippen molar-refractivity contribution in [1.29, 1.82) is 0 Å². The molecule has 4 aromatic carbocycles. The predicted molar refractivity (Wildman–Crippen MR) is 183 cm³/mol. The van der Waals surface area contributed by atoms with Gasteiger partial charge in [-0.25, -0.2) is 0 Å². The van der Waals surface area contributed by atoms with E-state index >= 15 is 0 Å². The topological polar surface area (TPSA) is 91.1 Å². The maximum absolute atomic E-state index is 13.4. The lowest BCUT2D eigenvalue weighted by Gasteiger charge is -2.35. The molecule has 2 amide bonds. The molecule has 2 aliphatic rings. The smallest absolute Gasteiger partial charge is 0.262 e. The summed E-state index contributed by atoms with van der Waals surface area (Å²) in [4.78, 5) is 33.1. The summed E-state index contributed by atoms with van der Waals surface area (Å²) in [5.74, 6) is 0.782. The number of amides is 2. The lowest BCUT2D eigenvalue weighted by atomic mass is 10.0. The van der Waals surface area contributed by atoms with Crippen molar-refractivity contribution in [3.63, 3.8) is 0 Å². The highest BCUT2D eigenvalue weighted by atomic mass is 16.5. The number of likely N-dealkylation sites (N-methyl/N-ethyl adjacent to an activating group) is 1. The van der Waals surface area contributed by atoms with Crippen LogP contribution in [-0.2, 0) is 29.2 Å². The lowest BCUT2D eigenvalue weighted by molar-refractivity contribution is -0.133. The van der Waals surface area contributed by atoms with Crippen LogP contribution >= 0.6 is 0 Å². The zero-order valence-corrected chi connectivity index (χ0v) is 26.5. The molecule has 3 N–H and O–H groups in total. The molecular formula is C38H43N5O3. The minimum Gasteiger partial charge on any atom is -0.484 e. The monoisotopic (exact) mass is 617 g/mol. The number of carbonyl (C=O) groups excluding carboxylic acids is 2. The van der Waals surface area contributed by atoms with E-state index in [0.29, 0.717) is 25.4 Å². The van der Waals surface area contributed by atoms with Crippen LogP contribution in [0.25, 0.3) is 11.1 Å². The summed E-state index contributed by atoms with van der Waals surface area (Å²) in [6.45, 7) is 5.15. The molecule has 0 spiro atoms. The van der Waals surface area contributed by atoms with Crippen LogP contribution in [0.1, 0.15) is 29.5 Å². The van der Waals surface area contributed by atoms with Crippen LogP contribution in [0.15, 0.2) is 97.1 Å². The summed E-state index contributed by atoms with van der Waals surface area (Å²) in [5, 5.41) is 3.14. The molecule has 8 heteroatoms. The van der Waals surface area contributed by atoms with Crippen molar-refractivity contribution in [2.24, 2.45) is 11.7 Å². The highest BCUT2D eigenvalue weighted by Gasteiger charge is 2.33. The highest BCUT2D eigenvalue weighted by Crippen LogP contribution is 2.34. The number of piperazine rings is 1. The first-order valence-corrected chi connectivity index (χ1v) is 16.2. The number of nitrogens with one attached hydrogen (secondary N) is 1. The highest BCUT2D eigenvalue weighted by molar-refractivity contribution is 5.96. The molecule has 1 aliphatic carbocycles. The molecule has 0 radical (unpaired) electrons. The zero-order chi connectivity index (χ0) is 31.9. The maximum Gasteiger partial charge on any atom is 0.262 e. The number of hydrogen-bond acceptors (Lipinski definition) is 6. The Morgan fingerprint density at radius 2 is 1.48 bits per heavy atom. The summed E-state index contributed by atoms with van der Waals surface area (Å²) in [7, 11) is 2.13. The third-order valence-corrected chi connectivity index (χ3v) is 8.70. The number of nitrogens with two attached hydrogens (primary N) is 1. The van der Waals surface area contributed by atoms with E-state index in [2.05, 4.69) is 70.7 Å². The van der Waals surface area contributed by atoms with Crippen molar-refractivity contribution < 1.29 is 14.3 Å². The SMILES string of the molecule is CN1CCN(c2ccc(-c3cccc(CN(Cc4cccc(CN)c4)C(=O)C4CC4)c3)cc2NC(=O)COc2ccccc2)CC1. The largest absolute Gasteiger partial charge is 0.484 e. The quantitative estimate of drug-likeness (QED) is 0.218. The van der Waals surface area contributed by atoms with Crippen LogP contribution in [0.5, 0.6) is 5.75 Å². The van der Waals surface area contributed by atoms with Crippen molar-refractivity contribution >= 4 is 23.2 Å². The van der Waals surface area contributed by atoms with Crippen molar-refractivity contribution in [3.8, 4) is 16.9 Å². The van der Waals surface area contributed by atoms with Gasteiger partial charge in [-0.05, 0) is 78.0 Å². The van der Waals surface area contributed by atoms with Gasteiger partial charge in [0.1, 0.15) is 5.75 Å². The first kappa shape index (κ1) is 31.3. The van der Waals surface area contributed by atoms with Crippen molar-refractivity contribution in [2.75, 3.05) is 50.1 Å². The fraction of sp³-hybridized carbons (Fsp3) is 0.316. The lowest BCUT2D eigenvalue weighted by Crippen LogP contribution is -2.44. The molecule has 238 valence electrons. The van der Waals surface area contributed by atoms with Crippen molar-refractivity contribution in [3.05, 3.63) is 114 Å². The van der Waals surface area contributed by atoms with Crippen molar-refractivity contribution in [1.82, 2.24) is 9.80 Å². The predicted octanol–water partition coefficient (Wildman–Crippen LogP) is 5.52. The standard InChI is InChI=1S/C38H43N5O3/c1-41-17-19-42(20-18-41)36-16-15-33(23-35(36)40-37(44)27-46-34-11-3-2-4-12-34)32-10-6-9-30(22-32)26-43(38(45)31-13-14-31)25-29-8-5-7-28(21-29)24-39/h2-12,15-16,21-23,31H,13-14,17-20,24-27,39H2,1H3,(H,40,44). The number of para-hydroxylation sites is 1. The van der Waals surface area contributed by atoms with Crippen LogP contribution in [0, 0.1) is 5.92 Å². The van der Waals surface area contributed by atoms with Gasteiger partial charge in [-0.3, -0.25) is 9.59 Å². The van der Waals surface area contributed by atoms with Gasteiger partial charge < -0.3 is 30.5 Å². The van der Waals surface area contributed by atoms with Gasteiger partial charge in [-0.15, -0.1) is 0 Å². The van der Waals surface area contributed by atoms with Crippen molar-refractivity contribution in [2.45, 2.75) is 32.5 Å². The van der Waals surface area contributed by atoms with Crippen LogP contribution in [0.4, 0.5) is 11.4 Å². The second-order valence-corrected chi connectivity index (χ2v) is 12.4. The van der Waals surface area contributed by atoms with E-state index in [9.17, 15) is 9.59 Å². The summed E-state index contributed by atoms with van der Waals surface area (Å²) in [6.07, 6.45) is 1.92. The normalized spacial score (nSPS) is 15.0. The number of ether oxygens (including phenoxy) is 1. The van der Waals surface area contributed by atoms with E-state index in [0.717, 1.165) is 78.2 Å². The summed E-state index contributed by atoms with van der Waals surface area (Å²) in [5.41, 5.74) is 12.9.